The molecule has 2 aromatic rings. The first-order valence-electron chi connectivity index (χ1n) is 6.12. The van der Waals surface area contributed by atoms with Gasteiger partial charge in [-0.05, 0) is 35.4 Å². The summed E-state index contributed by atoms with van der Waals surface area (Å²) in [5, 5.41) is 0. The van der Waals surface area contributed by atoms with E-state index in [0.717, 1.165) is 12.1 Å². The highest BCUT2D eigenvalue weighted by atomic mass is 19.2. The van der Waals surface area contributed by atoms with Crippen LogP contribution in [0.25, 0.3) is 11.1 Å². The number of ether oxygens (including phenoxy) is 2. The molecule has 0 spiro atoms. The van der Waals surface area contributed by atoms with Crippen molar-refractivity contribution in [3.05, 3.63) is 47.3 Å². The van der Waals surface area contributed by atoms with Crippen LogP contribution in [0.4, 0.5) is 13.2 Å². The molecule has 0 saturated heterocycles. The maximum atomic E-state index is 14.0. The number of halogens is 3. The van der Waals surface area contributed by atoms with Crippen LogP contribution in [0.1, 0.15) is 5.56 Å². The molecule has 0 unspecified atom stereocenters. The van der Waals surface area contributed by atoms with Crippen LogP contribution in [-0.4, -0.2) is 14.2 Å². The average Bonchev–Trinajstić information content (AvgIpc) is 2.51. The highest BCUT2D eigenvalue weighted by Crippen LogP contribution is 2.37. The number of hydrogen-bond acceptors (Lipinski definition) is 3. The summed E-state index contributed by atoms with van der Waals surface area (Å²) in [6.07, 6.45) is 0. The molecule has 2 N–H and O–H groups in total. The van der Waals surface area contributed by atoms with E-state index >= 15 is 0 Å². The highest BCUT2D eigenvalue weighted by Gasteiger charge is 2.19. The molecule has 0 radical (unpaired) electrons. The van der Waals surface area contributed by atoms with Crippen molar-refractivity contribution in [2.24, 2.45) is 5.73 Å². The molecule has 0 fully saturated rings. The van der Waals surface area contributed by atoms with E-state index in [2.05, 4.69) is 0 Å². The smallest absolute Gasteiger partial charge is 0.195 e. The molecule has 0 aliphatic carbocycles. The summed E-state index contributed by atoms with van der Waals surface area (Å²) >= 11 is 0. The maximum Gasteiger partial charge on any atom is 0.195 e. The topological polar surface area (TPSA) is 44.5 Å². The van der Waals surface area contributed by atoms with Gasteiger partial charge in [0.25, 0.3) is 0 Å². The molecule has 2 rings (SSSR count). The standard InChI is InChI=1S/C15H14F3NO2/c1-20-12-5-8(7-19)10(6-13(12)21-2)9-3-4-11(16)15(18)14(9)17/h3-6H,7,19H2,1-2H3. The predicted molar refractivity (Wildman–Crippen MR) is 72.7 cm³/mol. The third-order valence-electron chi connectivity index (χ3n) is 3.15. The molecule has 0 bridgehead atoms. The Hall–Kier alpha value is -2.21. The highest BCUT2D eigenvalue weighted by molar-refractivity contribution is 5.72. The number of benzene rings is 2. The zero-order valence-electron chi connectivity index (χ0n) is 11.5. The second kappa shape index (κ2) is 6.05. The van der Waals surface area contributed by atoms with E-state index < -0.39 is 17.5 Å². The van der Waals surface area contributed by atoms with Crippen LogP contribution >= 0.6 is 0 Å². The summed E-state index contributed by atoms with van der Waals surface area (Å²) in [4.78, 5) is 0. The Morgan fingerprint density at radius 2 is 1.52 bits per heavy atom. The van der Waals surface area contributed by atoms with E-state index in [1.165, 1.54) is 20.3 Å². The largest absolute Gasteiger partial charge is 0.493 e. The molecular weight excluding hydrogens is 283 g/mol. The normalized spacial score (nSPS) is 10.6. The van der Waals surface area contributed by atoms with Crippen molar-refractivity contribution in [1.82, 2.24) is 0 Å². The van der Waals surface area contributed by atoms with Crippen LogP contribution in [0.5, 0.6) is 11.5 Å². The van der Waals surface area contributed by atoms with E-state index in [1.807, 2.05) is 0 Å². The van der Waals surface area contributed by atoms with Crippen molar-refractivity contribution in [3.8, 4) is 22.6 Å². The van der Waals surface area contributed by atoms with Crippen LogP contribution in [0, 0.1) is 17.5 Å². The van der Waals surface area contributed by atoms with Crippen LogP contribution in [-0.2, 0) is 6.54 Å². The molecule has 3 nitrogen and oxygen atoms in total. The fraction of sp³-hybridized carbons (Fsp3) is 0.200. The van der Waals surface area contributed by atoms with E-state index in [9.17, 15) is 13.2 Å². The number of rotatable bonds is 4. The number of hydrogen-bond donors (Lipinski definition) is 1. The lowest BCUT2D eigenvalue weighted by molar-refractivity contribution is 0.354. The van der Waals surface area contributed by atoms with Gasteiger partial charge in [0.2, 0.25) is 0 Å². The van der Waals surface area contributed by atoms with E-state index in [0.29, 0.717) is 22.6 Å². The summed E-state index contributed by atoms with van der Waals surface area (Å²) in [6.45, 7) is 0.0775. The van der Waals surface area contributed by atoms with Gasteiger partial charge in [-0.25, -0.2) is 13.2 Å². The van der Waals surface area contributed by atoms with Gasteiger partial charge in [-0.15, -0.1) is 0 Å². The van der Waals surface area contributed by atoms with Gasteiger partial charge < -0.3 is 15.2 Å². The van der Waals surface area contributed by atoms with Crippen LogP contribution < -0.4 is 15.2 Å². The maximum absolute atomic E-state index is 14.0. The quantitative estimate of drug-likeness (QED) is 0.881. The van der Waals surface area contributed by atoms with Crippen molar-refractivity contribution in [3.63, 3.8) is 0 Å². The SMILES string of the molecule is COc1cc(CN)c(-c2ccc(F)c(F)c2F)cc1OC. The van der Waals surface area contributed by atoms with Gasteiger partial charge in [-0.2, -0.15) is 0 Å². The molecule has 21 heavy (non-hydrogen) atoms. The molecule has 112 valence electrons. The van der Waals surface area contributed by atoms with Crippen LogP contribution in [0.3, 0.4) is 0 Å². The Balaban J connectivity index is 2.71. The lowest BCUT2D eigenvalue weighted by Gasteiger charge is -2.15. The van der Waals surface area contributed by atoms with E-state index in [4.69, 9.17) is 15.2 Å². The lowest BCUT2D eigenvalue weighted by atomic mass is 9.98. The van der Waals surface area contributed by atoms with Crippen molar-refractivity contribution >= 4 is 0 Å². The third kappa shape index (κ3) is 2.67. The van der Waals surface area contributed by atoms with Crippen molar-refractivity contribution in [2.45, 2.75) is 6.54 Å². The summed E-state index contributed by atoms with van der Waals surface area (Å²) in [7, 11) is 2.88. The number of methoxy groups -OCH3 is 2. The van der Waals surface area contributed by atoms with Gasteiger partial charge in [0.1, 0.15) is 0 Å². The minimum absolute atomic E-state index is 0.0775. The molecule has 6 heteroatoms. The first-order valence-corrected chi connectivity index (χ1v) is 6.12. The first kappa shape index (κ1) is 15.2. The monoisotopic (exact) mass is 297 g/mol. The minimum Gasteiger partial charge on any atom is -0.493 e. The Morgan fingerprint density at radius 3 is 2.10 bits per heavy atom. The Morgan fingerprint density at radius 1 is 0.905 bits per heavy atom. The van der Waals surface area contributed by atoms with Gasteiger partial charge in [-0.1, -0.05) is 0 Å². The molecule has 0 amide bonds. The zero-order chi connectivity index (χ0) is 15.6. The molecule has 0 atom stereocenters. The average molecular weight is 297 g/mol. The Labute approximate surface area is 120 Å². The molecule has 0 aliphatic heterocycles. The summed E-state index contributed by atoms with van der Waals surface area (Å²) < 4.78 is 50.7. The first-order chi connectivity index (χ1) is 10.0. The molecule has 0 saturated carbocycles. The summed E-state index contributed by atoms with van der Waals surface area (Å²) in [5.41, 5.74) is 6.40. The van der Waals surface area contributed by atoms with Gasteiger partial charge in [0.05, 0.1) is 14.2 Å². The predicted octanol–water partition coefficient (Wildman–Crippen LogP) is 3.25. The van der Waals surface area contributed by atoms with Gasteiger partial charge in [-0.3, -0.25) is 0 Å². The zero-order valence-corrected chi connectivity index (χ0v) is 11.5. The molecule has 0 heterocycles. The van der Waals surface area contributed by atoms with Crippen molar-refractivity contribution in [1.29, 1.82) is 0 Å². The second-order valence-electron chi connectivity index (χ2n) is 4.29. The molecular formula is C15H14F3NO2. The van der Waals surface area contributed by atoms with E-state index in [-0.39, 0.29) is 12.1 Å². The van der Waals surface area contributed by atoms with Crippen molar-refractivity contribution in [2.75, 3.05) is 14.2 Å². The Bertz CT molecular complexity index is 674. The second-order valence-corrected chi connectivity index (χ2v) is 4.29. The van der Waals surface area contributed by atoms with Crippen molar-refractivity contribution < 1.29 is 22.6 Å². The van der Waals surface area contributed by atoms with Gasteiger partial charge >= 0.3 is 0 Å². The summed E-state index contributed by atoms with van der Waals surface area (Å²) in [5.74, 6) is -3.27. The van der Waals surface area contributed by atoms with Gasteiger partial charge in [0.15, 0.2) is 29.0 Å². The van der Waals surface area contributed by atoms with E-state index in [1.54, 1.807) is 6.07 Å². The summed E-state index contributed by atoms with van der Waals surface area (Å²) in [6, 6.07) is 5.09. The lowest BCUT2D eigenvalue weighted by Crippen LogP contribution is -2.03. The minimum atomic E-state index is -1.52. The van der Waals surface area contributed by atoms with Crippen LogP contribution in [0.2, 0.25) is 0 Å². The third-order valence-corrected chi connectivity index (χ3v) is 3.15. The number of nitrogens with two attached hydrogens (primary N) is 1. The fourth-order valence-electron chi connectivity index (χ4n) is 2.07. The van der Waals surface area contributed by atoms with Gasteiger partial charge in [0, 0.05) is 12.1 Å². The fourth-order valence-corrected chi connectivity index (χ4v) is 2.07. The molecule has 0 aromatic heterocycles. The van der Waals surface area contributed by atoms with Crippen LogP contribution in [0.15, 0.2) is 24.3 Å². The molecule has 0 aliphatic rings. The molecule has 2 aromatic carbocycles. The Kier molecular flexibility index (Phi) is 4.37.